The highest BCUT2D eigenvalue weighted by Gasteiger charge is 2.24. The third kappa shape index (κ3) is 5.19. The van der Waals surface area contributed by atoms with Crippen LogP contribution in [0.3, 0.4) is 0 Å². The molecule has 0 saturated carbocycles. The molecule has 1 rings (SSSR count). The number of carbonyl (C=O) groups is 1. The minimum Gasteiger partial charge on any atom is -0.383 e. The van der Waals surface area contributed by atoms with Crippen LogP contribution in [0, 0.1) is 5.92 Å². The van der Waals surface area contributed by atoms with E-state index in [1.54, 1.807) is 19.1 Å². The number of rotatable bonds is 6. The number of likely N-dealkylation sites (N-methyl/N-ethyl adjacent to an activating group) is 1. The molecule has 0 aliphatic heterocycles. The van der Waals surface area contributed by atoms with Crippen LogP contribution < -0.4 is 5.73 Å². The van der Waals surface area contributed by atoms with Gasteiger partial charge in [0.1, 0.15) is 0 Å². The lowest BCUT2D eigenvalue weighted by Gasteiger charge is -2.25. The second-order valence-corrected chi connectivity index (χ2v) is 4.48. The summed E-state index contributed by atoms with van der Waals surface area (Å²) < 4.78 is 4.96. The first-order valence-electron chi connectivity index (χ1n) is 6.12. The summed E-state index contributed by atoms with van der Waals surface area (Å²) in [6.45, 7) is 2.99. The number of halogens is 1. The first-order valence-corrected chi connectivity index (χ1v) is 6.12. The van der Waals surface area contributed by atoms with Gasteiger partial charge in [0.2, 0.25) is 5.91 Å². The van der Waals surface area contributed by atoms with Gasteiger partial charge in [-0.25, -0.2) is 0 Å². The molecule has 0 fully saturated rings. The average molecular weight is 287 g/mol. The third-order valence-electron chi connectivity index (χ3n) is 3.12. The second-order valence-electron chi connectivity index (χ2n) is 4.48. The Bertz CT molecular complexity index is 373. The van der Waals surface area contributed by atoms with E-state index in [0.717, 1.165) is 5.56 Å². The molecule has 0 aromatic heterocycles. The Morgan fingerprint density at radius 2 is 1.95 bits per heavy atom. The minimum absolute atomic E-state index is 0. The van der Waals surface area contributed by atoms with Crippen molar-refractivity contribution in [1.29, 1.82) is 0 Å². The Hall–Kier alpha value is -1.10. The fourth-order valence-electron chi connectivity index (χ4n) is 1.80. The summed E-state index contributed by atoms with van der Waals surface area (Å²) in [7, 11) is 3.40. The number of carbonyl (C=O) groups excluding carboxylic acids is 1. The molecule has 2 atom stereocenters. The van der Waals surface area contributed by atoms with Gasteiger partial charge in [-0.2, -0.15) is 0 Å². The number of hydrogen-bond acceptors (Lipinski definition) is 3. The van der Waals surface area contributed by atoms with Gasteiger partial charge in [0.25, 0.3) is 0 Å². The van der Waals surface area contributed by atoms with Crippen LogP contribution in [0.5, 0.6) is 0 Å². The van der Waals surface area contributed by atoms with Crippen LogP contribution in [0.15, 0.2) is 30.3 Å². The lowest BCUT2D eigenvalue weighted by molar-refractivity contribution is -0.134. The van der Waals surface area contributed by atoms with Crippen LogP contribution in [0.25, 0.3) is 0 Å². The van der Waals surface area contributed by atoms with Gasteiger partial charge in [-0.3, -0.25) is 4.79 Å². The molecule has 2 N–H and O–H groups in total. The van der Waals surface area contributed by atoms with E-state index < -0.39 is 0 Å². The highest BCUT2D eigenvalue weighted by atomic mass is 35.5. The highest BCUT2D eigenvalue weighted by molar-refractivity contribution is 5.85. The monoisotopic (exact) mass is 286 g/mol. The molecule has 5 heteroatoms. The van der Waals surface area contributed by atoms with Crippen molar-refractivity contribution in [3.05, 3.63) is 35.9 Å². The van der Waals surface area contributed by atoms with E-state index in [2.05, 4.69) is 0 Å². The van der Waals surface area contributed by atoms with E-state index in [1.807, 2.05) is 37.3 Å². The van der Waals surface area contributed by atoms with Gasteiger partial charge < -0.3 is 15.4 Å². The molecule has 0 aliphatic rings. The van der Waals surface area contributed by atoms with Crippen molar-refractivity contribution in [3.63, 3.8) is 0 Å². The number of nitrogens with zero attached hydrogens (tertiary/aromatic N) is 1. The molecular formula is C14H23ClN2O2. The zero-order valence-corrected chi connectivity index (χ0v) is 12.5. The van der Waals surface area contributed by atoms with Crippen molar-refractivity contribution in [2.45, 2.75) is 13.0 Å². The SMILES string of the molecule is COCCN(C)C(=O)C(C)C(N)c1ccccc1.Cl. The zero-order chi connectivity index (χ0) is 13.5. The van der Waals surface area contributed by atoms with Crippen LogP contribution >= 0.6 is 12.4 Å². The molecule has 0 bridgehead atoms. The van der Waals surface area contributed by atoms with Gasteiger partial charge in [-0.05, 0) is 5.56 Å². The van der Waals surface area contributed by atoms with Gasteiger partial charge in [-0.15, -0.1) is 12.4 Å². The van der Waals surface area contributed by atoms with Gasteiger partial charge >= 0.3 is 0 Å². The van der Waals surface area contributed by atoms with Crippen molar-refractivity contribution in [1.82, 2.24) is 4.90 Å². The van der Waals surface area contributed by atoms with Crippen LogP contribution in [0.2, 0.25) is 0 Å². The number of methoxy groups -OCH3 is 1. The van der Waals surface area contributed by atoms with Crippen molar-refractivity contribution in [2.75, 3.05) is 27.3 Å². The lowest BCUT2D eigenvalue weighted by Crippen LogP contribution is -2.38. The zero-order valence-electron chi connectivity index (χ0n) is 11.7. The van der Waals surface area contributed by atoms with E-state index in [1.165, 1.54) is 0 Å². The summed E-state index contributed by atoms with van der Waals surface area (Å²) in [6, 6.07) is 9.42. The van der Waals surface area contributed by atoms with Crippen molar-refractivity contribution < 1.29 is 9.53 Å². The van der Waals surface area contributed by atoms with Gasteiger partial charge in [0.05, 0.1) is 12.5 Å². The number of amides is 1. The van der Waals surface area contributed by atoms with Crippen LogP contribution in [-0.4, -0.2) is 38.1 Å². The first kappa shape index (κ1) is 17.9. The largest absolute Gasteiger partial charge is 0.383 e. The minimum atomic E-state index is -0.274. The molecule has 0 spiro atoms. The molecule has 0 heterocycles. The Labute approximate surface area is 121 Å². The van der Waals surface area contributed by atoms with E-state index >= 15 is 0 Å². The Morgan fingerprint density at radius 3 is 2.47 bits per heavy atom. The maximum absolute atomic E-state index is 12.2. The summed E-state index contributed by atoms with van der Waals surface area (Å²) >= 11 is 0. The normalized spacial score (nSPS) is 13.3. The standard InChI is InChI=1S/C14H22N2O2.ClH/c1-11(14(17)16(2)9-10-18-3)13(15)12-7-5-4-6-8-12;/h4-8,11,13H,9-10,15H2,1-3H3;1H. The van der Waals surface area contributed by atoms with E-state index in [-0.39, 0.29) is 30.3 Å². The summed E-state index contributed by atoms with van der Waals surface area (Å²) in [5.74, 6) is -0.197. The fourth-order valence-corrected chi connectivity index (χ4v) is 1.80. The van der Waals surface area contributed by atoms with Gasteiger partial charge in [0.15, 0.2) is 0 Å². The van der Waals surface area contributed by atoms with Gasteiger partial charge in [-0.1, -0.05) is 37.3 Å². The second kappa shape index (κ2) is 8.91. The molecule has 108 valence electrons. The third-order valence-corrected chi connectivity index (χ3v) is 3.12. The predicted octanol–water partition coefficient (Wildman–Crippen LogP) is 1.85. The number of ether oxygens (including phenoxy) is 1. The first-order chi connectivity index (χ1) is 8.57. The molecule has 19 heavy (non-hydrogen) atoms. The number of benzene rings is 1. The quantitative estimate of drug-likeness (QED) is 0.868. The van der Waals surface area contributed by atoms with E-state index in [9.17, 15) is 4.79 Å². The van der Waals surface area contributed by atoms with Crippen molar-refractivity contribution >= 4 is 18.3 Å². The molecule has 2 unspecified atom stereocenters. The Kier molecular flexibility index (Phi) is 8.39. The molecule has 0 saturated heterocycles. The van der Waals surface area contributed by atoms with E-state index in [4.69, 9.17) is 10.5 Å². The maximum atomic E-state index is 12.2. The predicted molar refractivity (Wildman–Crippen MR) is 79.3 cm³/mol. The van der Waals surface area contributed by atoms with Crippen LogP contribution in [-0.2, 0) is 9.53 Å². The van der Waals surface area contributed by atoms with Crippen molar-refractivity contribution in [2.24, 2.45) is 11.7 Å². The topological polar surface area (TPSA) is 55.6 Å². The van der Waals surface area contributed by atoms with Gasteiger partial charge in [0, 0.05) is 26.7 Å². The Morgan fingerprint density at radius 1 is 1.37 bits per heavy atom. The van der Waals surface area contributed by atoms with Crippen molar-refractivity contribution in [3.8, 4) is 0 Å². The average Bonchev–Trinajstić information content (AvgIpc) is 2.43. The summed E-state index contributed by atoms with van der Waals surface area (Å²) in [6.07, 6.45) is 0. The van der Waals surface area contributed by atoms with Crippen LogP contribution in [0.4, 0.5) is 0 Å². The van der Waals surface area contributed by atoms with E-state index in [0.29, 0.717) is 13.2 Å². The molecule has 4 nitrogen and oxygen atoms in total. The van der Waals surface area contributed by atoms with Crippen LogP contribution in [0.1, 0.15) is 18.5 Å². The summed E-state index contributed by atoms with van der Waals surface area (Å²) in [4.78, 5) is 13.8. The molecule has 0 radical (unpaired) electrons. The highest BCUT2D eigenvalue weighted by Crippen LogP contribution is 2.20. The number of hydrogen-bond donors (Lipinski definition) is 1. The maximum Gasteiger partial charge on any atom is 0.227 e. The summed E-state index contributed by atoms with van der Waals surface area (Å²) in [5.41, 5.74) is 7.11. The molecule has 1 aromatic rings. The number of nitrogens with two attached hydrogens (primary N) is 1. The lowest BCUT2D eigenvalue weighted by atomic mass is 9.94. The summed E-state index contributed by atoms with van der Waals surface area (Å²) in [5, 5.41) is 0. The molecule has 1 amide bonds. The smallest absolute Gasteiger partial charge is 0.227 e. The molecule has 0 aliphatic carbocycles. The molecular weight excluding hydrogens is 264 g/mol. The Balaban J connectivity index is 0.00000324. The fraction of sp³-hybridized carbons (Fsp3) is 0.500. The molecule has 1 aromatic carbocycles.